The lowest BCUT2D eigenvalue weighted by Gasteiger charge is -2.17. The normalized spacial score (nSPS) is 18.4. The van der Waals surface area contributed by atoms with Gasteiger partial charge in [-0.1, -0.05) is 19.8 Å². The van der Waals surface area contributed by atoms with E-state index in [1.165, 1.54) is 29.3 Å². The number of halogens is 1. The molecule has 1 heterocycles. The van der Waals surface area contributed by atoms with E-state index in [0.29, 0.717) is 6.04 Å². The first-order valence-electron chi connectivity index (χ1n) is 5.26. The van der Waals surface area contributed by atoms with E-state index >= 15 is 0 Å². The molecule has 1 aromatic heterocycles. The van der Waals surface area contributed by atoms with Crippen LogP contribution >= 0.6 is 27.3 Å². The molecule has 0 spiro atoms. The molecular weight excluding hydrogens is 258 g/mol. The molecule has 3 heteroatoms. The Balaban J connectivity index is 2.04. The molecule has 1 nitrogen and oxygen atoms in total. The summed E-state index contributed by atoms with van der Waals surface area (Å²) in [5, 5.41) is 8.01. The van der Waals surface area contributed by atoms with E-state index in [1.54, 1.807) is 11.3 Å². The second-order valence-electron chi connectivity index (χ2n) is 3.96. The van der Waals surface area contributed by atoms with Gasteiger partial charge in [-0.2, -0.15) is 11.3 Å². The Morgan fingerprint density at radius 2 is 2.36 bits per heavy atom. The predicted molar refractivity (Wildman–Crippen MR) is 65.8 cm³/mol. The molecule has 0 aliphatic heterocycles. The summed E-state index contributed by atoms with van der Waals surface area (Å²) in [4.78, 5) is 0. The molecule has 1 atom stereocenters. The maximum absolute atomic E-state index is 3.62. The number of thiophene rings is 1. The fourth-order valence-corrected chi connectivity index (χ4v) is 3.42. The van der Waals surface area contributed by atoms with Crippen molar-refractivity contribution in [2.24, 2.45) is 5.92 Å². The number of hydrogen-bond acceptors (Lipinski definition) is 2. The molecule has 0 radical (unpaired) electrons. The summed E-state index contributed by atoms with van der Waals surface area (Å²) in [7, 11) is 0. The largest absolute Gasteiger partial charge is 0.310 e. The topological polar surface area (TPSA) is 12.0 Å². The first-order chi connectivity index (χ1) is 6.81. The summed E-state index contributed by atoms with van der Waals surface area (Å²) in [5.41, 5.74) is 1.45. The van der Waals surface area contributed by atoms with Crippen LogP contribution in [0, 0.1) is 5.92 Å². The second kappa shape index (κ2) is 4.77. The van der Waals surface area contributed by atoms with Crippen LogP contribution in [-0.4, -0.2) is 6.54 Å². The van der Waals surface area contributed by atoms with Crippen LogP contribution in [-0.2, 0) is 0 Å². The highest BCUT2D eigenvalue weighted by Crippen LogP contribution is 2.39. The standard InChI is InChI=1S/C11H16BrNS/c1-2-13-11(5-8-3-4-8)9-6-14-7-10(9)12/h6-8,11,13H,2-5H2,1H3. The predicted octanol–water partition coefficient (Wildman–Crippen LogP) is 3.96. The van der Waals surface area contributed by atoms with E-state index in [9.17, 15) is 0 Å². The third kappa shape index (κ3) is 2.59. The average molecular weight is 274 g/mol. The lowest BCUT2D eigenvalue weighted by atomic mass is 10.0. The van der Waals surface area contributed by atoms with E-state index < -0.39 is 0 Å². The molecule has 78 valence electrons. The van der Waals surface area contributed by atoms with Gasteiger partial charge in [0.15, 0.2) is 0 Å². The summed E-state index contributed by atoms with van der Waals surface area (Å²) < 4.78 is 1.27. The molecule has 2 rings (SSSR count). The Hall–Kier alpha value is 0.140. The summed E-state index contributed by atoms with van der Waals surface area (Å²) in [5.74, 6) is 0.978. The lowest BCUT2D eigenvalue weighted by Crippen LogP contribution is -2.21. The highest BCUT2D eigenvalue weighted by molar-refractivity contribution is 9.10. The number of nitrogens with one attached hydrogen (secondary N) is 1. The minimum atomic E-state index is 0.563. The van der Waals surface area contributed by atoms with Gasteiger partial charge in [0.2, 0.25) is 0 Å². The molecule has 0 saturated heterocycles. The fraction of sp³-hybridized carbons (Fsp3) is 0.636. The monoisotopic (exact) mass is 273 g/mol. The van der Waals surface area contributed by atoms with Gasteiger partial charge in [-0.15, -0.1) is 0 Å². The molecule has 14 heavy (non-hydrogen) atoms. The van der Waals surface area contributed by atoms with Gasteiger partial charge in [-0.05, 0) is 45.8 Å². The van der Waals surface area contributed by atoms with Gasteiger partial charge >= 0.3 is 0 Å². The molecule has 1 aliphatic rings. The maximum Gasteiger partial charge on any atom is 0.0342 e. The van der Waals surface area contributed by atoms with Crippen molar-refractivity contribution in [1.82, 2.24) is 5.32 Å². The van der Waals surface area contributed by atoms with Crippen LogP contribution in [0.2, 0.25) is 0 Å². The Kier molecular flexibility index (Phi) is 3.63. The van der Waals surface area contributed by atoms with Crippen molar-refractivity contribution in [2.75, 3.05) is 6.54 Å². The van der Waals surface area contributed by atoms with Crippen LogP contribution in [0.3, 0.4) is 0 Å². The van der Waals surface area contributed by atoms with E-state index in [1.807, 2.05) is 0 Å². The van der Waals surface area contributed by atoms with Crippen LogP contribution < -0.4 is 5.32 Å². The van der Waals surface area contributed by atoms with Crippen LogP contribution in [0.25, 0.3) is 0 Å². The Morgan fingerprint density at radius 1 is 1.57 bits per heavy atom. The molecule has 0 amide bonds. The van der Waals surface area contributed by atoms with Gasteiger partial charge in [0, 0.05) is 15.9 Å². The molecule has 1 N–H and O–H groups in total. The first-order valence-corrected chi connectivity index (χ1v) is 6.99. The van der Waals surface area contributed by atoms with Gasteiger partial charge in [-0.25, -0.2) is 0 Å². The number of rotatable bonds is 5. The second-order valence-corrected chi connectivity index (χ2v) is 5.56. The van der Waals surface area contributed by atoms with Crippen molar-refractivity contribution in [3.63, 3.8) is 0 Å². The van der Waals surface area contributed by atoms with Crippen molar-refractivity contribution in [3.05, 3.63) is 20.8 Å². The zero-order valence-electron chi connectivity index (χ0n) is 8.42. The quantitative estimate of drug-likeness (QED) is 0.857. The molecule has 1 saturated carbocycles. The SMILES string of the molecule is CCNC(CC1CC1)c1cscc1Br. The molecule has 1 fully saturated rings. The van der Waals surface area contributed by atoms with Gasteiger partial charge in [0.25, 0.3) is 0 Å². The van der Waals surface area contributed by atoms with Gasteiger partial charge in [-0.3, -0.25) is 0 Å². The zero-order valence-corrected chi connectivity index (χ0v) is 10.8. The minimum Gasteiger partial charge on any atom is -0.310 e. The molecule has 0 bridgehead atoms. The van der Waals surface area contributed by atoms with Crippen molar-refractivity contribution < 1.29 is 0 Å². The third-order valence-corrected chi connectivity index (χ3v) is 4.49. The maximum atomic E-state index is 3.62. The number of hydrogen-bond donors (Lipinski definition) is 1. The fourth-order valence-electron chi connectivity index (χ4n) is 1.79. The van der Waals surface area contributed by atoms with E-state index in [4.69, 9.17) is 0 Å². The summed E-state index contributed by atoms with van der Waals surface area (Å²) in [6, 6.07) is 0.563. The molecule has 0 aromatic carbocycles. The molecular formula is C11H16BrNS. The Morgan fingerprint density at radius 3 is 2.86 bits per heavy atom. The van der Waals surface area contributed by atoms with E-state index in [2.05, 4.69) is 38.9 Å². The van der Waals surface area contributed by atoms with E-state index in [-0.39, 0.29) is 0 Å². The van der Waals surface area contributed by atoms with Crippen molar-refractivity contribution in [2.45, 2.75) is 32.2 Å². The lowest BCUT2D eigenvalue weighted by molar-refractivity contribution is 0.486. The summed E-state index contributed by atoms with van der Waals surface area (Å²) >= 11 is 5.40. The Bertz CT molecular complexity index is 293. The van der Waals surface area contributed by atoms with Gasteiger partial charge in [0.05, 0.1) is 0 Å². The highest BCUT2D eigenvalue weighted by atomic mass is 79.9. The van der Waals surface area contributed by atoms with Crippen LogP contribution in [0.15, 0.2) is 15.2 Å². The van der Waals surface area contributed by atoms with Crippen molar-refractivity contribution >= 4 is 27.3 Å². The third-order valence-electron chi connectivity index (χ3n) is 2.73. The average Bonchev–Trinajstić information content (AvgIpc) is 2.87. The van der Waals surface area contributed by atoms with Crippen LogP contribution in [0.1, 0.15) is 37.8 Å². The van der Waals surface area contributed by atoms with Gasteiger partial charge in [0.1, 0.15) is 0 Å². The van der Waals surface area contributed by atoms with Crippen molar-refractivity contribution in [3.8, 4) is 0 Å². The molecule has 1 aromatic rings. The summed E-state index contributed by atoms with van der Waals surface area (Å²) in [6.45, 7) is 3.24. The Labute approximate surface area is 98.0 Å². The van der Waals surface area contributed by atoms with Crippen molar-refractivity contribution in [1.29, 1.82) is 0 Å². The first kappa shape index (κ1) is 10.7. The van der Waals surface area contributed by atoms with Gasteiger partial charge < -0.3 is 5.32 Å². The smallest absolute Gasteiger partial charge is 0.0342 e. The van der Waals surface area contributed by atoms with Crippen LogP contribution in [0.5, 0.6) is 0 Å². The van der Waals surface area contributed by atoms with Crippen LogP contribution in [0.4, 0.5) is 0 Å². The molecule has 1 unspecified atom stereocenters. The highest BCUT2D eigenvalue weighted by Gasteiger charge is 2.26. The van der Waals surface area contributed by atoms with E-state index in [0.717, 1.165) is 12.5 Å². The molecule has 1 aliphatic carbocycles. The minimum absolute atomic E-state index is 0.563. The zero-order chi connectivity index (χ0) is 9.97. The summed E-state index contributed by atoms with van der Waals surface area (Å²) in [6.07, 6.45) is 4.18.